The highest BCUT2D eigenvalue weighted by Gasteiger charge is 2.50. The van der Waals surface area contributed by atoms with Crippen molar-refractivity contribution in [1.29, 1.82) is 0 Å². The number of allylic oxidation sites excluding steroid dienone is 2. The minimum atomic E-state index is -0.495. The second-order valence-corrected chi connectivity index (χ2v) is 6.17. The van der Waals surface area contributed by atoms with Gasteiger partial charge in [0, 0.05) is 0 Å². The Morgan fingerprint density at radius 3 is 1.69 bits per heavy atom. The van der Waals surface area contributed by atoms with Gasteiger partial charge in [-0.15, -0.1) is 0 Å². The van der Waals surface area contributed by atoms with E-state index in [9.17, 15) is 9.59 Å². The van der Waals surface area contributed by atoms with Crippen LogP contribution in [-0.4, -0.2) is 11.6 Å². The summed E-state index contributed by atoms with van der Waals surface area (Å²) >= 11 is 0. The van der Waals surface area contributed by atoms with Gasteiger partial charge in [0.15, 0.2) is 11.6 Å². The molecule has 0 fully saturated rings. The van der Waals surface area contributed by atoms with Crippen LogP contribution < -0.4 is 0 Å². The Hall–Kier alpha value is -0.920. The molecule has 1 aliphatic carbocycles. The van der Waals surface area contributed by atoms with Gasteiger partial charge in [-0.1, -0.05) is 41.5 Å². The summed E-state index contributed by atoms with van der Waals surface area (Å²) in [6, 6.07) is 0. The van der Waals surface area contributed by atoms with Crippen LogP contribution in [-0.2, 0) is 9.59 Å². The summed E-state index contributed by atoms with van der Waals surface area (Å²) in [7, 11) is 0. The molecule has 0 spiro atoms. The minimum absolute atomic E-state index is 0.0382. The molecule has 0 aromatic carbocycles. The highest BCUT2D eigenvalue weighted by molar-refractivity contribution is 6.19. The van der Waals surface area contributed by atoms with Crippen LogP contribution in [0.4, 0.5) is 0 Å². The average Bonchev–Trinajstić information content (AvgIpc) is 2.45. The van der Waals surface area contributed by atoms with Gasteiger partial charge in [0.1, 0.15) is 0 Å². The third-order valence-corrected chi connectivity index (χ3v) is 4.81. The Labute approximate surface area is 98.1 Å². The molecule has 2 heteroatoms. The minimum Gasteiger partial charge on any atom is -0.294 e. The normalized spacial score (nSPS) is 18.9. The third kappa shape index (κ3) is 1.74. The lowest BCUT2D eigenvalue weighted by atomic mass is 9.56. The van der Waals surface area contributed by atoms with Gasteiger partial charge in [-0.2, -0.15) is 0 Å². The second kappa shape index (κ2) is 3.83. The van der Waals surface area contributed by atoms with Crippen LogP contribution in [0.1, 0.15) is 41.5 Å². The number of carbonyl (C=O) groups is 2. The van der Waals surface area contributed by atoms with E-state index in [1.807, 2.05) is 13.8 Å². The number of ketones is 2. The number of hydrogen-bond donors (Lipinski definition) is 0. The molecule has 0 amide bonds. The van der Waals surface area contributed by atoms with Gasteiger partial charge in [0.2, 0.25) is 0 Å². The lowest BCUT2D eigenvalue weighted by Crippen LogP contribution is -2.46. The van der Waals surface area contributed by atoms with E-state index in [4.69, 9.17) is 0 Å². The van der Waals surface area contributed by atoms with Gasteiger partial charge >= 0.3 is 0 Å². The summed E-state index contributed by atoms with van der Waals surface area (Å²) in [4.78, 5) is 23.6. The molecule has 0 aliphatic heterocycles. The predicted molar refractivity (Wildman–Crippen MR) is 65.0 cm³/mol. The van der Waals surface area contributed by atoms with Crippen molar-refractivity contribution in [3.63, 3.8) is 0 Å². The van der Waals surface area contributed by atoms with Crippen LogP contribution in [0.25, 0.3) is 0 Å². The standard InChI is InChI=1S/C14H22O2/c1-9(2)13(3,4)14(5,6)12-10(15)7-8-11(12)16/h7-9,12H,1-6H3. The Bertz CT molecular complexity index is 328. The van der Waals surface area contributed by atoms with Crippen molar-refractivity contribution < 1.29 is 9.59 Å². The zero-order valence-corrected chi connectivity index (χ0v) is 11.1. The molecule has 0 heterocycles. The monoisotopic (exact) mass is 222 g/mol. The first-order valence-electron chi connectivity index (χ1n) is 5.88. The van der Waals surface area contributed by atoms with Crippen molar-refractivity contribution in [3.05, 3.63) is 12.2 Å². The van der Waals surface area contributed by atoms with Gasteiger partial charge in [0.05, 0.1) is 5.92 Å². The van der Waals surface area contributed by atoms with E-state index in [2.05, 4.69) is 27.7 Å². The fraction of sp³-hybridized carbons (Fsp3) is 0.714. The number of rotatable bonds is 3. The van der Waals surface area contributed by atoms with Gasteiger partial charge in [-0.3, -0.25) is 9.59 Å². The van der Waals surface area contributed by atoms with Crippen molar-refractivity contribution in [2.75, 3.05) is 0 Å². The fourth-order valence-electron chi connectivity index (χ4n) is 2.32. The topological polar surface area (TPSA) is 34.1 Å². The molecule has 0 saturated heterocycles. The smallest absolute Gasteiger partial charge is 0.167 e. The fourth-order valence-corrected chi connectivity index (χ4v) is 2.32. The molecule has 0 saturated carbocycles. The molecule has 0 aromatic heterocycles. The van der Waals surface area contributed by atoms with Gasteiger partial charge in [0.25, 0.3) is 0 Å². The first kappa shape index (κ1) is 13.1. The summed E-state index contributed by atoms with van der Waals surface area (Å²) in [5.41, 5.74) is -0.381. The molecule has 2 nitrogen and oxygen atoms in total. The van der Waals surface area contributed by atoms with Crippen LogP contribution >= 0.6 is 0 Å². The summed E-state index contributed by atoms with van der Waals surface area (Å²) < 4.78 is 0. The first-order chi connectivity index (χ1) is 7.12. The van der Waals surface area contributed by atoms with Crippen molar-refractivity contribution in [2.24, 2.45) is 22.7 Å². The van der Waals surface area contributed by atoms with Crippen molar-refractivity contribution in [3.8, 4) is 0 Å². The zero-order chi connectivity index (χ0) is 12.7. The lowest BCUT2D eigenvalue weighted by molar-refractivity contribution is -0.136. The van der Waals surface area contributed by atoms with Crippen molar-refractivity contribution >= 4 is 11.6 Å². The maximum Gasteiger partial charge on any atom is 0.167 e. The summed E-state index contributed by atoms with van der Waals surface area (Å²) in [5, 5.41) is 0. The van der Waals surface area contributed by atoms with E-state index >= 15 is 0 Å². The maximum atomic E-state index is 11.8. The van der Waals surface area contributed by atoms with Crippen molar-refractivity contribution in [2.45, 2.75) is 41.5 Å². The van der Waals surface area contributed by atoms with Gasteiger partial charge < -0.3 is 0 Å². The van der Waals surface area contributed by atoms with E-state index in [0.29, 0.717) is 5.92 Å². The second-order valence-electron chi connectivity index (χ2n) is 6.17. The highest BCUT2D eigenvalue weighted by Crippen LogP contribution is 2.50. The van der Waals surface area contributed by atoms with E-state index in [1.54, 1.807) is 0 Å². The first-order valence-corrected chi connectivity index (χ1v) is 5.88. The van der Waals surface area contributed by atoms with Crippen LogP contribution in [0, 0.1) is 22.7 Å². The van der Waals surface area contributed by atoms with Crippen LogP contribution in [0.15, 0.2) is 12.2 Å². The molecular formula is C14H22O2. The number of hydrogen-bond acceptors (Lipinski definition) is 2. The molecule has 0 aromatic rings. The van der Waals surface area contributed by atoms with E-state index in [-0.39, 0.29) is 22.4 Å². The molecule has 16 heavy (non-hydrogen) atoms. The average molecular weight is 222 g/mol. The van der Waals surface area contributed by atoms with E-state index in [1.165, 1.54) is 12.2 Å². The summed E-state index contributed by atoms with van der Waals surface area (Å²) in [6.07, 6.45) is 2.84. The highest BCUT2D eigenvalue weighted by atomic mass is 16.2. The molecule has 1 aliphatic rings. The molecule has 0 radical (unpaired) electrons. The molecule has 0 atom stereocenters. The zero-order valence-electron chi connectivity index (χ0n) is 11.1. The molecule has 1 rings (SSSR count). The Morgan fingerprint density at radius 1 is 1.00 bits per heavy atom. The van der Waals surface area contributed by atoms with Crippen LogP contribution in [0.3, 0.4) is 0 Å². The van der Waals surface area contributed by atoms with Crippen LogP contribution in [0.5, 0.6) is 0 Å². The lowest BCUT2D eigenvalue weighted by Gasteiger charge is -2.47. The molecule has 0 bridgehead atoms. The maximum absolute atomic E-state index is 11.8. The Morgan fingerprint density at radius 2 is 1.38 bits per heavy atom. The summed E-state index contributed by atoms with van der Waals surface area (Å²) in [5.74, 6) is -0.152. The number of carbonyl (C=O) groups excluding carboxylic acids is 2. The quantitative estimate of drug-likeness (QED) is 0.688. The Kier molecular flexibility index (Phi) is 3.15. The van der Waals surface area contributed by atoms with E-state index in [0.717, 1.165) is 0 Å². The Balaban J connectivity index is 3.12. The van der Waals surface area contributed by atoms with Crippen LogP contribution in [0.2, 0.25) is 0 Å². The largest absolute Gasteiger partial charge is 0.294 e. The van der Waals surface area contributed by atoms with E-state index < -0.39 is 5.92 Å². The summed E-state index contributed by atoms with van der Waals surface area (Å²) in [6.45, 7) is 12.6. The van der Waals surface area contributed by atoms with Gasteiger partial charge in [-0.25, -0.2) is 0 Å². The predicted octanol–water partition coefficient (Wildman–Crippen LogP) is 3.02. The molecule has 0 unspecified atom stereocenters. The molecular weight excluding hydrogens is 200 g/mol. The SMILES string of the molecule is CC(C)C(C)(C)C(C)(C)C1C(=O)C=CC1=O. The van der Waals surface area contributed by atoms with Crippen molar-refractivity contribution in [1.82, 2.24) is 0 Å². The molecule has 0 N–H and O–H groups in total. The van der Waals surface area contributed by atoms with Gasteiger partial charge in [-0.05, 0) is 28.9 Å². The third-order valence-electron chi connectivity index (χ3n) is 4.81. The molecule has 90 valence electrons.